The van der Waals surface area contributed by atoms with E-state index in [0.717, 1.165) is 44.9 Å². The first-order chi connectivity index (χ1) is 13.7. The van der Waals surface area contributed by atoms with Crippen molar-refractivity contribution in [1.82, 2.24) is 0 Å². The lowest BCUT2D eigenvalue weighted by Gasteiger charge is -2.24. The molecule has 1 aliphatic rings. The molecule has 5 nitrogen and oxygen atoms in total. The molecule has 0 amide bonds. The van der Waals surface area contributed by atoms with E-state index in [4.69, 9.17) is 4.74 Å². The first kappa shape index (κ1) is 25.6. The van der Waals surface area contributed by atoms with Crippen molar-refractivity contribution in [2.45, 2.75) is 103 Å². The van der Waals surface area contributed by atoms with E-state index in [1.807, 2.05) is 26.0 Å². The molecule has 166 valence electrons. The van der Waals surface area contributed by atoms with Crippen molar-refractivity contribution < 1.29 is 24.5 Å². The molecule has 4 atom stereocenters. The maximum atomic E-state index is 12.3. The lowest BCUT2D eigenvalue weighted by atomic mass is 9.90. The maximum absolute atomic E-state index is 12.3. The van der Waals surface area contributed by atoms with Gasteiger partial charge in [0.05, 0.1) is 12.2 Å². The highest BCUT2D eigenvalue weighted by Crippen LogP contribution is 2.33. The Bertz CT molecular complexity index is 564. The molecule has 0 unspecified atom stereocenters. The quantitative estimate of drug-likeness (QED) is 0.266. The molecule has 1 fully saturated rings. The van der Waals surface area contributed by atoms with Gasteiger partial charge in [-0.25, -0.2) is 0 Å². The standard InChI is InChI=1S/C24H40O5/c1-5-6-9-12-19(26)14-15-21-20(22(27)17-23(21)28)13-10-7-8-11-16-24(3,4)29-18(2)25/h7,10,14-15,19-21,23,26,28H,5-6,8-9,11-13,16-17H2,1-4H3/b10-7-,15-14+/t19-,20+,21+,23+/m0/s1. The van der Waals surface area contributed by atoms with E-state index < -0.39 is 17.8 Å². The molecule has 0 saturated heterocycles. The number of carbonyl (C=O) groups excluding carboxylic acids is 2. The van der Waals surface area contributed by atoms with Crippen molar-refractivity contribution in [3.63, 3.8) is 0 Å². The highest BCUT2D eigenvalue weighted by atomic mass is 16.6. The van der Waals surface area contributed by atoms with E-state index in [1.165, 1.54) is 6.92 Å². The molecule has 0 aromatic carbocycles. The number of esters is 1. The van der Waals surface area contributed by atoms with Crippen LogP contribution < -0.4 is 0 Å². The van der Waals surface area contributed by atoms with Crippen LogP contribution in [0.3, 0.4) is 0 Å². The second kappa shape index (κ2) is 13.0. The van der Waals surface area contributed by atoms with Gasteiger partial charge >= 0.3 is 5.97 Å². The van der Waals surface area contributed by atoms with Crippen LogP contribution >= 0.6 is 0 Å². The maximum Gasteiger partial charge on any atom is 0.303 e. The molecule has 0 aromatic heterocycles. The minimum atomic E-state index is -0.662. The summed E-state index contributed by atoms with van der Waals surface area (Å²) >= 11 is 0. The van der Waals surface area contributed by atoms with Gasteiger partial charge in [0.1, 0.15) is 11.4 Å². The zero-order valence-corrected chi connectivity index (χ0v) is 18.6. The SMILES string of the molecule is CCCCC[C@H](O)/C=C/[C@H]1[C@H](O)CC(=O)[C@@H]1C/C=C\CCCC(C)(C)OC(C)=O. The summed E-state index contributed by atoms with van der Waals surface area (Å²) in [5.41, 5.74) is -0.459. The van der Waals surface area contributed by atoms with Crippen LogP contribution in [0.15, 0.2) is 24.3 Å². The molecule has 29 heavy (non-hydrogen) atoms. The number of Topliss-reactive ketones (excluding diaryl/α,β-unsaturated/α-hetero) is 1. The van der Waals surface area contributed by atoms with Gasteiger partial charge in [0.15, 0.2) is 0 Å². The molecule has 1 aliphatic carbocycles. The molecule has 0 bridgehead atoms. The summed E-state index contributed by atoms with van der Waals surface area (Å²) in [6.07, 6.45) is 13.7. The molecule has 1 rings (SSSR count). The van der Waals surface area contributed by atoms with Crippen molar-refractivity contribution in [2.24, 2.45) is 11.8 Å². The van der Waals surface area contributed by atoms with Crippen molar-refractivity contribution in [1.29, 1.82) is 0 Å². The van der Waals surface area contributed by atoms with Gasteiger partial charge in [-0.05, 0) is 46.0 Å². The van der Waals surface area contributed by atoms with E-state index in [2.05, 4.69) is 13.0 Å². The third kappa shape index (κ3) is 10.2. The van der Waals surface area contributed by atoms with Gasteiger partial charge in [-0.15, -0.1) is 0 Å². The molecule has 0 spiro atoms. The zero-order valence-electron chi connectivity index (χ0n) is 18.6. The van der Waals surface area contributed by atoms with Crippen LogP contribution in [-0.4, -0.2) is 39.8 Å². The van der Waals surface area contributed by atoms with Gasteiger partial charge in [0, 0.05) is 25.2 Å². The Balaban J connectivity index is 2.46. The number of ether oxygens (including phenoxy) is 1. The molecular formula is C24H40O5. The predicted octanol–water partition coefficient (Wildman–Crippen LogP) is 4.51. The Hall–Kier alpha value is -1.46. The van der Waals surface area contributed by atoms with Gasteiger partial charge in [-0.2, -0.15) is 0 Å². The van der Waals surface area contributed by atoms with Crippen molar-refractivity contribution in [3.8, 4) is 0 Å². The van der Waals surface area contributed by atoms with Crippen LogP contribution in [0.2, 0.25) is 0 Å². The third-order valence-corrected chi connectivity index (χ3v) is 5.52. The minimum absolute atomic E-state index is 0.0910. The van der Waals surface area contributed by atoms with Crippen LogP contribution in [-0.2, 0) is 14.3 Å². The van der Waals surface area contributed by atoms with Gasteiger partial charge in [0.2, 0.25) is 0 Å². The number of carbonyl (C=O) groups is 2. The number of aliphatic hydroxyl groups excluding tert-OH is 2. The summed E-state index contributed by atoms with van der Waals surface area (Å²) in [5, 5.41) is 20.3. The van der Waals surface area contributed by atoms with Crippen LogP contribution in [0.1, 0.15) is 85.5 Å². The number of hydrogen-bond donors (Lipinski definition) is 2. The molecule has 0 aromatic rings. The Labute approximate surface area is 176 Å². The largest absolute Gasteiger partial charge is 0.460 e. The summed E-state index contributed by atoms with van der Waals surface area (Å²) in [4.78, 5) is 23.3. The number of hydrogen-bond acceptors (Lipinski definition) is 5. The number of unbranched alkanes of at least 4 members (excludes halogenated alkanes) is 3. The molecular weight excluding hydrogens is 368 g/mol. The Kier molecular flexibility index (Phi) is 11.4. The van der Waals surface area contributed by atoms with Crippen molar-refractivity contribution in [3.05, 3.63) is 24.3 Å². The minimum Gasteiger partial charge on any atom is -0.460 e. The second-order valence-corrected chi connectivity index (χ2v) is 8.82. The summed E-state index contributed by atoms with van der Waals surface area (Å²) in [6.45, 7) is 7.36. The number of allylic oxidation sites excluding steroid dienone is 2. The molecule has 1 saturated carbocycles. The van der Waals surface area contributed by atoms with Gasteiger partial charge < -0.3 is 14.9 Å². The normalized spacial score (nSPS) is 23.9. The first-order valence-electron chi connectivity index (χ1n) is 11.1. The third-order valence-electron chi connectivity index (χ3n) is 5.52. The predicted molar refractivity (Wildman–Crippen MR) is 115 cm³/mol. The van der Waals surface area contributed by atoms with Crippen LogP contribution in [0, 0.1) is 11.8 Å². The monoisotopic (exact) mass is 408 g/mol. The van der Waals surface area contributed by atoms with E-state index in [1.54, 1.807) is 6.08 Å². The first-order valence-corrected chi connectivity index (χ1v) is 11.1. The zero-order chi connectivity index (χ0) is 21.9. The van der Waals surface area contributed by atoms with Crippen LogP contribution in [0.25, 0.3) is 0 Å². The Morgan fingerprint density at radius 3 is 2.66 bits per heavy atom. The van der Waals surface area contributed by atoms with E-state index in [-0.39, 0.29) is 30.0 Å². The highest BCUT2D eigenvalue weighted by molar-refractivity contribution is 5.84. The number of aliphatic hydroxyl groups is 2. The van der Waals surface area contributed by atoms with Crippen molar-refractivity contribution in [2.75, 3.05) is 0 Å². The molecule has 0 aliphatic heterocycles. The smallest absolute Gasteiger partial charge is 0.303 e. The van der Waals surface area contributed by atoms with Crippen LogP contribution in [0.4, 0.5) is 0 Å². The van der Waals surface area contributed by atoms with Gasteiger partial charge in [0.25, 0.3) is 0 Å². The van der Waals surface area contributed by atoms with Crippen molar-refractivity contribution >= 4 is 11.8 Å². The second-order valence-electron chi connectivity index (χ2n) is 8.82. The summed E-state index contributed by atoms with van der Waals surface area (Å²) in [5.74, 6) is -0.625. The fourth-order valence-electron chi connectivity index (χ4n) is 3.93. The molecule has 0 heterocycles. The van der Waals surface area contributed by atoms with Gasteiger partial charge in [-0.3, -0.25) is 9.59 Å². The molecule has 0 radical (unpaired) electrons. The Morgan fingerprint density at radius 2 is 2.00 bits per heavy atom. The summed E-state index contributed by atoms with van der Waals surface area (Å²) in [6, 6.07) is 0. The topological polar surface area (TPSA) is 83.8 Å². The Morgan fingerprint density at radius 1 is 1.28 bits per heavy atom. The summed E-state index contributed by atoms with van der Waals surface area (Å²) < 4.78 is 5.28. The number of ketones is 1. The molecule has 5 heteroatoms. The van der Waals surface area contributed by atoms with Gasteiger partial charge in [-0.1, -0.05) is 50.5 Å². The van der Waals surface area contributed by atoms with E-state index >= 15 is 0 Å². The fourth-order valence-corrected chi connectivity index (χ4v) is 3.93. The molecule has 2 N–H and O–H groups in total. The summed E-state index contributed by atoms with van der Waals surface area (Å²) in [7, 11) is 0. The van der Waals surface area contributed by atoms with E-state index in [9.17, 15) is 19.8 Å². The number of rotatable bonds is 13. The average molecular weight is 409 g/mol. The lowest BCUT2D eigenvalue weighted by Crippen LogP contribution is -2.26. The average Bonchev–Trinajstić information content (AvgIpc) is 2.88. The van der Waals surface area contributed by atoms with E-state index in [0.29, 0.717) is 6.42 Å². The highest BCUT2D eigenvalue weighted by Gasteiger charge is 2.39. The van der Waals surface area contributed by atoms with Crippen LogP contribution in [0.5, 0.6) is 0 Å². The fraction of sp³-hybridized carbons (Fsp3) is 0.750. The lowest BCUT2D eigenvalue weighted by molar-refractivity contribution is -0.154.